The van der Waals surface area contributed by atoms with Crippen molar-refractivity contribution >= 4 is 17.7 Å². The number of anilines is 1. The van der Waals surface area contributed by atoms with E-state index in [4.69, 9.17) is 5.11 Å². The third kappa shape index (κ3) is 3.92. The number of hydrogen-bond acceptors (Lipinski definition) is 3. The van der Waals surface area contributed by atoms with Gasteiger partial charge < -0.3 is 20.6 Å². The molecule has 3 N–H and O–H groups in total. The highest BCUT2D eigenvalue weighted by molar-refractivity contribution is 6.00. The molecule has 0 heterocycles. The summed E-state index contributed by atoms with van der Waals surface area (Å²) in [6, 6.07) is 3.03. The monoisotopic (exact) mass is 269 g/mol. The summed E-state index contributed by atoms with van der Waals surface area (Å²) in [5.74, 6) is -2.08. The van der Waals surface area contributed by atoms with E-state index in [1.807, 2.05) is 0 Å². The van der Waals surface area contributed by atoms with Gasteiger partial charge in [-0.15, -0.1) is 0 Å². The normalized spacial score (nSPS) is 10.1. The number of para-hydroxylation sites is 1. The van der Waals surface area contributed by atoms with Gasteiger partial charge in [-0.1, -0.05) is 6.07 Å². The van der Waals surface area contributed by atoms with Crippen LogP contribution in [0.5, 0.6) is 0 Å². The molecule has 0 aliphatic carbocycles. The van der Waals surface area contributed by atoms with E-state index in [9.17, 15) is 14.0 Å². The lowest BCUT2D eigenvalue weighted by Crippen LogP contribution is -2.36. The van der Waals surface area contributed by atoms with Gasteiger partial charge in [-0.05, 0) is 19.2 Å². The molecule has 7 heteroatoms. The summed E-state index contributed by atoms with van der Waals surface area (Å²) in [6.45, 7) is 0.992. The Balaban J connectivity index is 2.87. The fourth-order valence-corrected chi connectivity index (χ4v) is 1.41. The van der Waals surface area contributed by atoms with Crippen LogP contribution in [0.1, 0.15) is 10.4 Å². The molecule has 1 aromatic rings. The Bertz CT molecular complexity index is 479. The molecular formula is C12H16FN3O3. The van der Waals surface area contributed by atoms with E-state index >= 15 is 0 Å². The molecule has 0 bridgehead atoms. The van der Waals surface area contributed by atoms with Crippen molar-refractivity contribution in [2.75, 3.05) is 32.5 Å². The van der Waals surface area contributed by atoms with Crippen LogP contribution in [-0.2, 0) is 0 Å². The van der Waals surface area contributed by atoms with Crippen LogP contribution in [0.4, 0.5) is 14.9 Å². The average molecular weight is 269 g/mol. The zero-order valence-corrected chi connectivity index (χ0v) is 10.7. The summed E-state index contributed by atoms with van der Waals surface area (Å²) in [4.78, 5) is 24.1. The van der Waals surface area contributed by atoms with Crippen LogP contribution in [0, 0.1) is 5.82 Å². The average Bonchev–Trinajstić information content (AvgIpc) is 2.37. The Morgan fingerprint density at radius 1 is 1.42 bits per heavy atom. The van der Waals surface area contributed by atoms with E-state index in [0.717, 1.165) is 6.07 Å². The highest BCUT2D eigenvalue weighted by atomic mass is 19.1. The second-order valence-corrected chi connectivity index (χ2v) is 3.92. The van der Waals surface area contributed by atoms with Gasteiger partial charge in [-0.25, -0.2) is 14.0 Å². The maximum atomic E-state index is 13.6. The summed E-state index contributed by atoms with van der Waals surface area (Å²) >= 11 is 0. The lowest BCUT2D eigenvalue weighted by Gasteiger charge is -2.18. The van der Waals surface area contributed by atoms with Crippen molar-refractivity contribution < 1.29 is 19.1 Å². The van der Waals surface area contributed by atoms with Crippen molar-refractivity contribution in [3.05, 3.63) is 29.6 Å². The van der Waals surface area contributed by atoms with Crippen molar-refractivity contribution in [2.24, 2.45) is 0 Å². The van der Waals surface area contributed by atoms with Crippen molar-refractivity contribution in [2.45, 2.75) is 0 Å². The minimum Gasteiger partial charge on any atom is -0.478 e. The van der Waals surface area contributed by atoms with Crippen LogP contribution in [0.3, 0.4) is 0 Å². The van der Waals surface area contributed by atoms with Gasteiger partial charge in [0.25, 0.3) is 0 Å². The van der Waals surface area contributed by atoms with Crippen molar-refractivity contribution in [3.63, 3.8) is 0 Å². The first-order chi connectivity index (χ1) is 8.97. The van der Waals surface area contributed by atoms with E-state index in [0.29, 0.717) is 13.1 Å². The van der Waals surface area contributed by atoms with Gasteiger partial charge >= 0.3 is 12.0 Å². The minimum absolute atomic E-state index is 0.282. The number of carbonyl (C=O) groups is 2. The largest absolute Gasteiger partial charge is 0.478 e. The van der Waals surface area contributed by atoms with Gasteiger partial charge in [0.1, 0.15) is 5.82 Å². The molecule has 0 unspecified atom stereocenters. The second-order valence-electron chi connectivity index (χ2n) is 3.92. The lowest BCUT2D eigenvalue weighted by molar-refractivity contribution is 0.0697. The number of carboxylic acid groups (broad SMARTS) is 1. The SMILES string of the molecule is CNCCN(C)C(=O)Nc1c(F)cccc1C(=O)O. The molecule has 19 heavy (non-hydrogen) atoms. The molecule has 0 aliphatic rings. The number of halogens is 1. The molecule has 1 aromatic carbocycles. The van der Waals surface area contributed by atoms with Crippen LogP contribution < -0.4 is 10.6 Å². The number of aromatic carboxylic acids is 1. The fourth-order valence-electron chi connectivity index (χ4n) is 1.41. The fraction of sp³-hybridized carbons (Fsp3) is 0.333. The van der Waals surface area contributed by atoms with Crippen LogP contribution in [-0.4, -0.2) is 49.2 Å². The Kier molecular flexibility index (Phi) is 5.25. The van der Waals surface area contributed by atoms with Crippen LogP contribution in [0.15, 0.2) is 18.2 Å². The molecule has 0 aliphatic heterocycles. The highest BCUT2D eigenvalue weighted by Crippen LogP contribution is 2.20. The molecule has 0 radical (unpaired) electrons. The molecule has 2 amide bonds. The molecule has 0 spiro atoms. The van der Waals surface area contributed by atoms with Crippen molar-refractivity contribution in [1.82, 2.24) is 10.2 Å². The molecule has 0 fully saturated rings. The molecule has 0 atom stereocenters. The first-order valence-corrected chi connectivity index (χ1v) is 5.66. The summed E-state index contributed by atoms with van der Waals surface area (Å²) in [6.07, 6.45) is 0. The molecule has 0 saturated carbocycles. The van der Waals surface area contributed by atoms with Gasteiger partial charge in [0.05, 0.1) is 11.3 Å². The highest BCUT2D eigenvalue weighted by Gasteiger charge is 2.18. The number of nitrogens with one attached hydrogen (secondary N) is 2. The number of urea groups is 1. The third-order valence-corrected chi connectivity index (χ3v) is 2.52. The van der Waals surface area contributed by atoms with Crippen molar-refractivity contribution in [1.29, 1.82) is 0 Å². The van der Waals surface area contributed by atoms with Crippen LogP contribution >= 0.6 is 0 Å². The second kappa shape index (κ2) is 6.69. The summed E-state index contributed by atoms with van der Waals surface area (Å²) in [5.41, 5.74) is -0.605. The minimum atomic E-state index is -1.30. The maximum Gasteiger partial charge on any atom is 0.337 e. The Labute approximate surface area is 110 Å². The molecular weight excluding hydrogens is 253 g/mol. The standard InChI is InChI=1S/C12H16FN3O3/c1-14-6-7-16(2)12(19)15-10-8(11(17)18)4-3-5-9(10)13/h3-5,14H,6-7H2,1-2H3,(H,15,19)(H,17,18). The van der Waals surface area contributed by atoms with E-state index in [1.54, 1.807) is 7.05 Å². The topological polar surface area (TPSA) is 81.7 Å². The zero-order chi connectivity index (χ0) is 14.4. The molecule has 6 nitrogen and oxygen atoms in total. The number of hydrogen-bond donors (Lipinski definition) is 3. The zero-order valence-electron chi connectivity index (χ0n) is 10.7. The number of rotatable bonds is 5. The smallest absolute Gasteiger partial charge is 0.337 e. The molecule has 104 valence electrons. The van der Waals surface area contributed by atoms with Gasteiger partial charge in [-0.3, -0.25) is 0 Å². The maximum absolute atomic E-state index is 13.6. The van der Waals surface area contributed by atoms with Crippen LogP contribution in [0.2, 0.25) is 0 Å². The number of likely N-dealkylation sites (N-methyl/N-ethyl adjacent to an activating group) is 2. The lowest BCUT2D eigenvalue weighted by atomic mass is 10.1. The van der Waals surface area contributed by atoms with E-state index < -0.39 is 17.8 Å². The Morgan fingerprint density at radius 2 is 2.11 bits per heavy atom. The molecule has 1 rings (SSSR count). The van der Waals surface area contributed by atoms with Gasteiger partial charge in [0.2, 0.25) is 0 Å². The number of carboxylic acids is 1. The van der Waals surface area contributed by atoms with Gasteiger partial charge in [0, 0.05) is 20.1 Å². The summed E-state index contributed by atoms with van der Waals surface area (Å²) in [5, 5.41) is 14.1. The predicted octanol–water partition coefficient (Wildman–Crippen LogP) is 1.21. The Hall–Kier alpha value is -2.15. The quantitative estimate of drug-likeness (QED) is 0.750. The number of carbonyl (C=O) groups excluding carboxylic acids is 1. The molecule has 0 aromatic heterocycles. The summed E-state index contributed by atoms with van der Waals surface area (Å²) < 4.78 is 13.6. The number of nitrogens with zero attached hydrogens (tertiary/aromatic N) is 1. The van der Waals surface area contributed by atoms with Crippen molar-refractivity contribution in [3.8, 4) is 0 Å². The van der Waals surface area contributed by atoms with E-state index in [-0.39, 0.29) is 11.3 Å². The van der Waals surface area contributed by atoms with Gasteiger partial charge in [-0.2, -0.15) is 0 Å². The first-order valence-electron chi connectivity index (χ1n) is 5.66. The predicted molar refractivity (Wildman–Crippen MR) is 68.9 cm³/mol. The number of amides is 2. The first kappa shape index (κ1) is 14.9. The third-order valence-electron chi connectivity index (χ3n) is 2.52. The summed E-state index contributed by atoms with van der Waals surface area (Å²) in [7, 11) is 3.28. The van der Waals surface area contributed by atoms with Gasteiger partial charge in [0.15, 0.2) is 0 Å². The van der Waals surface area contributed by atoms with E-state index in [1.165, 1.54) is 24.1 Å². The molecule has 0 saturated heterocycles. The van der Waals surface area contributed by atoms with Crippen LogP contribution in [0.25, 0.3) is 0 Å². The van der Waals surface area contributed by atoms with E-state index in [2.05, 4.69) is 10.6 Å². The number of benzene rings is 1. The Morgan fingerprint density at radius 3 is 2.68 bits per heavy atom.